The van der Waals surface area contributed by atoms with Gasteiger partial charge in [0.15, 0.2) is 0 Å². The molecule has 40 heavy (non-hydrogen) atoms. The molecule has 6 nitrogen and oxygen atoms in total. The molecule has 0 bridgehead atoms. The lowest BCUT2D eigenvalue weighted by atomic mass is 9.74. The van der Waals surface area contributed by atoms with Crippen molar-refractivity contribution in [1.82, 2.24) is 10.2 Å². The summed E-state index contributed by atoms with van der Waals surface area (Å²) < 4.78 is 0. The molecule has 2 fully saturated rings. The average molecular weight is 540 g/mol. The molecule has 6 heteroatoms. The lowest BCUT2D eigenvalue weighted by molar-refractivity contribution is -0.127. The number of para-hydroxylation sites is 1. The third-order valence-corrected chi connectivity index (χ3v) is 8.48. The second-order valence-electron chi connectivity index (χ2n) is 11.1. The van der Waals surface area contributed by atoms with Crippen molar-refractivity contribution in [3.8, 4) is 0 Å². The van der Waals surface area contributed by atoms with Crippen molar-refractivity contribution in [2.45, 2.75) is 63.5 Å². The molecule has 0 aromatic heterocycles. The third-order valence-electron chi connectivity index (χ3n) is 8.48. The molecule has 1 aliphatic heterocycles. The Labute approximate surface area is 238 Å². The van der Waals surface area contributed by atoms with E-state index >= 15 is 0 Å². The largest absolute Gasteiger partial charge is 0.394 e. The minimum Gasteiger partial charge on any atom is -0.394 e. The van der Waals surface area contributed by atoms with Crippen LogP contribution in [0.1, 0.15) is 73.6 Å². The van der Waals surface area contributed by atoms with Gasteiger partial charge in [0, 0.05) is 24.7 Å². The predicted octanol–water partition coefficient (Wildman–Crippen LogP) is 6.42. The zero-order valence-corrected chi connectivity index (χ0v) is 23.3. The first-order chi connectivity index (χ1) is 19.6. The number of piperidine rings is 1. The summed E-state index contributed by atoms with van der Waals surface area (Å²) in [6.07, 6.45) is 7.25. The summed E-state index contributed by atoms with van der Waals surface area (Å²) in [7, 11) is 0. The molecule has 2 N–H and O–H groups in total. The topological polar surface area (TPSA) is 72.9 Å². The van der Waals surface area contributed by atoms with Gasteiger partial charge in [-0.15, -0.1) is 0 Å². The van der Waals surface area contributed by atoms with Gasteiger partial charge in [0.2, 0.25) is 5.91 Å². The van der Waals surface area contributed by atoms with Gasteiger partial charge in [-0.05, 0) is 66.8 Å². The van der Waals surface area contributed by atoms with Crippen LogP contribution in [0.4, 0.5) is 10.5 Å². The van der Waals surface area contributed by atoms with E-state index in [0.717, 1.165) is 74.0 Å². The number of rotatable bonds is 8. The minimum atomic E-state index is -0.403. The first-order valence-corrected chi connectivity index (χ1v) is 14.8. The first-order valence-electron chi connectivity index (χ1n) is 14.8. The monoisotopic (exact) mass is 539 g/mol. The van der Waals surface area contributed by atoms with Crippen molar-refractivity contribution in [2.75, 3.05) is 24.6 Å². The van der Waals surface area contributed by atoms with Crippen LogP contribution in [0.2, 0.25) is 0 Å². The number of aliphatic hydroxyl groups excluding tert-OH is 1. The van der Waals surface area contributed by atoms with Gasteiger partial charge in [0.05, 0.1) is 19.2 Å². The number of carbonyl (C=O) groups is 2. The minimum absolute atomic E-state index is 0.0130. The zero-order chi connectivity index (χ0) is 27.7. The molecule has 3 amide bonds. The molecular formula is C34H41N3O3. The Morgan fingerprint density at radius 1 is 0.825 bits per heavy atom. The summed E-state index contributed by atoms with van der Waals surface area (Å²) in [6, 6.07) is 27.7. The normalized spacial score (nSPS) is 20.0. The quantitative estimate of drug-likeness (QED) is 0.347. The molecule has 3 atom stereocenters. The van der Waals surface area contributed by atoms with Crippen LogP contribution >= 0.6 is 0 Å². The number of anilines is 1. The predicted molar refractivity (Wildman–Crippen MR) is 159 cm³/mol. The molecule has 3 aromatic rings. The van der Waals surface area contributed by atoms with E-state index in [0.29, 0.717) is 6.54 Å². The van der Waals surface area contributed by atoms with E-state index in [1.807, 2.05) is 70.5 Å². The molecule has 1 aliphatic carbocycles. The maximum Gasteiger partial charge on any atom is 0.324 e. The van der Waals surface area contributed by atoms with Gasteiger partial charge in [-0.2, -0.15) is 0 Å². The third kappa shape index (κ3) is 6.73. The zero-order valence-electron chi connectivity index (χ0n) is 23.3. The number of carbonyl (C=O) groups excluding carboxylic acids is 2. The van der Waals surface area contributed by atoms with Crippen molar-refractivity contribution in [2.24, 2.45) is 5.92 Å². The van der Waals surface area contributed by atoms with Gasteiger partial charge < -0.3 is 15.3 Å². The van der Waals surface area contributed by atoms with Gasteiger partial charge >= 0.3 is 6.03 Å². The average Bonchev–Trinajstić information content (AvgIpc) is 3.03. The highest BCUT2D eigenvalue weighted by Crippen LogP contribution is 2.38. The highest BCUT2D eigenvalue weighted by atomic mass is 16.3. The van der Waals surface area contributed by atoms with Crippen LogP contribution in [0, 0.1) is 5.92 Å². The number of aliphatic hydroxyl groups is 1. The molecule has 210 valence electrons. The smallest absolute Gasteiger partial charge is 0.324 e. The molecule has 0 unspecified atom stereocenters. The molecule has 1 saturated carbocycles. The molecular weight excluding hydrogens is 498 g/mol. The molecule has 5 rings (SSSR count). The Morgan fingerprint density at radius 3 is 2.15 bits per heavy atom. The maximum absolute atomic E-state index is 13.5. The van der Waals surface area contributed by atoms with Gasteiger partial charge in [0.1, 0.15) is 0 Å². The molecule has 2 aliphatic rings. The van der Waals surface area contributed by atoms with E-state index in [1.165, 1.54) is 6.42 Å². The van der Waals surface area contributed by atoms with Crippen LogP contribution in [-0.4, -0.2) is 41.6 Å². The SMILES string of the molecule is O=C(N[C@@H](CO)c1ccccc1)[C@H]1CCCC[C@@H]1c1ccc(CN(C(=O)N2CCCCC2)c2ccccc2)cc1. The molecule has 3 aromatic carbocycles. The Bertz CT molecular complexity index is 1230. The summed E-state index contributed by atoms with van der Waals surface area (Å²) in [5.74, 6) is 0.0241. The van der Waals surface area contributed by atoms with Gasteiger partial charge in [-0.3, -0.25) is 9.69 Å². The second kappa shape index (κ2) is 13.6. The number of hydrogen-bond acceptors (Lipinski definition) is 3. The van der Waals surface area contributed by atoms with Crippen LogP contribution < -0.4 is 10.2 Å². The van der Waals surface area contributed by atoms with E-state index in [2.05, 4.69) is 29.6 Å². The van der Waals surface area contributed by atoms with E-state index in [-0.39, 0.29) is 30.4 Å². The van der Waals surface area contributed by atoms with E-state index in [9.17, 15) is 14.7 Å². The van der Waals surface area contributed by atoms with Crippen LogP contribution in [0.25, 0.3) is 0 Å². The number of urea groups is 1. The summed E-state index contributed by atoms with van der Waals surface area (Å²) in [5.41, 5.74) is 4.05. The number of amides is 3. The summed E-state index contributed by atoms with van der Waals surface area (Å²) in [6.45, 7) is 2.00. The number of nitrogens with zero attached hydrogens (tertiary/aromatic N) is 2. The molecule has 1 saturated heterocycles. The summed E-state index contributed by atoms with van der Waals surface area (Å²) in [4.78, 5) is 30.9. The Hall–Kier alpha value is -3.64. The van der Waals surface area contributed by atoms with Crippen LogP contribution in [-0.2, 0) is 11.3 Å². The van der Waals surface area contributed by atoms with E-state index in [1.54, 1.807) is 0 Å². The van der Waals surface area contributed by atoms with Crippen LogP contribution in [0.3, 0.4) is 0 Å². The molecule has 0 radical (unpaired) electrons. The van der Waals surface area contributed by atoms with Crippen molar-refractivity contribution in [3.05, 3.63) is 102 Å². The second-order valence-corrected chi connectivity index (χ2v) is 11.1. The Morgan fingerprint density at radius 2 is 1.48 bits per heavy atom. The highest BCUT2D eigenvalue weighted by molar-refractivity contribution is 5.92. The number of likely N-dealkylation sites (tertiary alicyclic amines) is 1. The number of hydrogen-bond donors (Lipinski definition) is 2. The first kappa shape index (κ1) is 27.9. The van der Waals surface area contributed by atoms with E-state index in [4.69, 9.17) is 0 Å². The van der Waals surface area contributed by atoms with Crippen molar-refractivity contribution >= 4 is 17.6 Å². The van der Waals surface area contributed by atoms with Gasteiger partial charge in [-0.25, -0.2) is 4.79 Å². The fraction of sp³-hybridized carbons (Fsp3) is 0.412. The van der Waals surface area contributed by atoms with Gasteiger partial charge in [-0.1, -0.05) is 85.6 Å². The van der Waals surface area contributed by atoms with Crippen molar-refractivity contribution in [1.29, 1.82) is 0 Å². The Kier molecular flexibility index (Phi) is 9.50. The van der Waals surface area contributed by atoms with Crippen molar-refractivity contribution < 1.29 is 14.7 Å². The van der Waals surface area contributed by atoms with E-state index < -0.39 is 6.04 Å². The maximum atomic E-state index is 13.5. The standard InChI is InChI=1S/C34H41N3O3/c38-25-32(28-12-4-1-5-13-28)35-33(39)31-17-9-8-16-30(31)27-20-18-26(19-21-27)24-37(29-14-6-2-7-15-29)34(40)36-22-10-3-11-23-36/h1-2,4-7,12-15,18-21,30-32,38H,3,8-11,16-17,22-25H2,(H,35,39)/t30-,31+,32+/m1/s1. The fourth-order valence-electron chi connectivity index (χ4n) is 6.23. The molecule has 1 heterocycles. The number of benzene rings is 3. The number of nitrogens with one attached hydrogen (secondary N) is 1. The lowest BCUT2D eigenvalue weighted by Crippen LogP contribution is -2.45. The summed E-state index contributed by atoms with van der Waals surface area (Å²) in [5, 5.41) is 13.1. The highest BCUT2D eigenvalue weighted by Gasteiger charge is 2.33. The van der Waals surface area contributed by atoms with Crippen LogP contribution in [0.15, 0.2) is 84.9 Å². The Balaban J connectivity index is 1.30. The molecule has 0 spiro atoms. The summed E-state index contributed by atoms with van der Waals surface area (Å²) >= 11 is 0. The lowest BCUT2D eigenvalue weighted by Gasteiger charge is -2.33. The fourth-order valence-corrected chi connectivity index (χ4v) is 6.23. The van der Waals surface area contributed by atoms with Gasteiger partial charge in [0.25, 0.3) is 0 Å². The van der Waals surface area contributed by atoms with Crippen molar-refractivity contribution in [3.63, 3.8) is 0 Å². The van der Waals surface area contributed by atoms with Crippen LogP contribution in [0.5, 0.6) is 0 Å².